The summed E-state index contributed by atoms with van der Waals surface area (Å²) in [7, 11) is 1.58. The second-order valence-corrected chi connectivity index (χ2v) is 8.54. The van der Waals surface area contributed by atoms with E-state index in [1.54, 1.807) is 7.11 Å². The number of ether oxygens (including phenoxy) is 1. The Balaban J connectivity index is 1.58. The van der Waals surface area contributed by atoms with Crippen molar-refractivity contribution in [1.29, 1.82) is 0 Å². The third kappa shape index (κ3) is 4.90. The Labute approximate surface area is 212 Å². The van der Waals surface area contributed by atoms with Crippen LogP contribution in [0.25, 0.3) is 27.6 Å². The monoisotopic (exact) mass is 516 g/mol. The molecule has 184 valence electrons. The number of aromatic amines is 1. The highest BCUT2D eigenvalue weighted by molar-refractivity contribution is 7.12. The number of hydrogen-bond donors (Lipinski definition) is 1. The number of thiazole rings is 1. The third-order valence-electron chi connectivity index (χ3n) is 5.39. The minimum Gasteiger partial charge on any atom is -0.497 e. The fraction of sp³-hybridized carbons (Fsp3) is 0.0400. The van der Waals surface area contributed by atoms with Gasteiger partial charge in [0, 0.05) is 28.6 Å². The van der Waals surface area contributed by atoms with Gasteiger partial charge in [-0.3, -0.25) is 20.0 Å². The number of H-pyrrole nitrogens is 1. The van der Waals surface area contributed by atoms with Crippen LogP contribution in [0.1, 0.15) is 0 Å². The Kier molecular flexibility index (Phi) is 6.39. The Bertz CT molecular complexity index is 1660. The number of rotatable bonds is 7. The summed E-state index contributed by atoms with van der Waals surface area (Å²) in [6.45, 7) is 0. The van der Waals surface area contributed by atoms with Gasteiger partial charge in [-0.25, -0.2) is 9.37 Å². The summed E-state index contributed by atoms with van der Waals surface area (Å²) in [6, 6.07) is 18.4. The Morgan fingerprint density at radius 3 is 2.32 bits per heavy atom. The fourth-order valence-corrected chi connectivity index (χ4v) is 4.27. The Morgan fingerprint density at radius 1 is 1.00 bits per heavy atom. The van der Waals surface area contributed by atoms with Gasteiger partial charge in [0.1, 0.15) is 11.6 Å². The number of nitrogens with one attached hydrogen (secondary N) is 1. The molecular weight excluding hydrogens is 499 g/mol. The highest BCUT2D eigenvalue weighted by atomic mass is 32.1. The van der Waals surface area contributed by atoms with Crippen molar-refractivity contribution in [3.63, 3.8) is 0 Å². The van der Waals surface area contributed by atoms with Gasteiger partial charge in [-0.1, -0.05) is 0 Å². The molecular formula is C25H17FN6O4S. The largest absolute Gasteiger partial charge is 0.497 e. The first-order valence-corrected chi connectivity index (χ1v) is 11.7. The van der Waals surface area contributed by atoms with Crippen LogP contribution in [0.3, 0.4) is 0 Å². The zero-order valence-corrected chi connectivity index (χ0v) is 20.0. The molecule has 0 aliphatic carbocycles. The molecule has 5 aromatic rings. The average molecular weight is 517 g/mol. The lowest BCUT2D eigenvalue weighted by molar-refractivity contribution is -0.384. The Morgan fingerprint density at radius 2 is 1.68 bits per heavy atom. The van der Waals surface area contributed by atoms with Crippen LogP contribution in [0.2, 0.25) is 0 Å². The minimum atomic E-state index is -0.519. The van der Waals surface area contributed by atoms with Gasteiger partial charge in [0.05, 0.1) is 29.1 Å². The molecule has 37 heavy (non-hydrogen) atoms. The number of methoxy groups -OCH3 is 1. The molecule has 10 nitrogen and oxygen atoms in total. The van der Waals surface area contributed by atoms with Crippen LogP contribution >= 0.6 is 11.3 Å². The molecule has 0 spiro atoms. The topological polar surface area (TPSA) is 128 Å². The highest BCUT2D eigenvalue weighted by Crippen LogP contribution is 2.31. The van der Waals surface area contributed by atoms with E-state index in [0.29, 0.717) is 33.5 Å². The first-order chi connectivity index (χ1) is 17.9. The molecule has 0 aliphatic heterocycles. The third-order valence-corrected chi connectivity index (χ3v) is 6.22. The van der Waals surface area contributed by atoms with Crippen LogP contribution in [0.5, 0.6) is 5.75 Å². The lowest BCUT2D eigenvalue weighted by atomic mass is 10.1. The molecule has 12 heteroatoms. The van der Waals surface area contributed by atoms with Crippen molar-refractivity contribution < 1.29 is 14.1 Å². The lowest BCUT2D eigenvalue weighted by Gasteiger charge is -2.01. The molecule has 5 rings (SSSR count). The molecule has 0 bridgehead atoms. The summed E-state index contributed by atoms with van der Waals surface area (Å²) in [4.78, 5) is 28.5. The average Bonchev–Trinajstić information content (AvgIpc) is 3.53. The number of azo groups is 1. The van der Waals surface area contributed by atoms with Crippen molar-refractivity contribution in [2.45, 2.75) is 0 Å². The minimum absolute atomic E-state index is 0.0284. The number of aromatic nitrogens is 3. The second kappa shape index (κ2) is 9.95. The van der Waals surface area contributed by atoms with Crippen LogP contribution in [0, 0.1) is 15.9 Å². The molecule has 0 saturated carbocycles. The standard InChI is InChI=1S/C25H17FN6O4S/c1-36-20-12-4-15(5-13-20)21-14-37-25(27-21)31-24(33)23(29-28-18-8-6-17(26)7-9-18)22(30-31)16-2-10-19(11-3-16)32(34)35/h2-14,30H,1H3. The smallest absolute Gasteiger partial charge is 0.301 e. The van der Waals surface area contributed by atoms with Crippen molar-refractivity contribution in [2.75, 3.05) is 7.11 Å². The number of non-ortho nitro benzene ring substituents is 1. The van der Waals surface area contributed by atoms with Crippen LogP contribution < -0.4 is 10.3 Å². The molecule has 0 unspecified atom stereocenters. The number of nitro benzene ring substituents is 1. The molecule has 0 radical (unpaired) electrons. The van der Waals surface area contributed by atoms with Gasteiger partial charge in [-0.05, 0) is 60.7 Å². The first-order valence-electron chi connectivity index (χ1n) is 10.8. The number of benzene rings is 3. The van der Waals surface area contributed by atoms with Gasteiger partial charge in [-0.2, -0.15) is 9.80 Å². The van der Waals surface area contributed by atoms with E-state index in [9.17, 15) is 19.3 Å². The van der Waals surface area contributed by atoms with E-state index in [2.05, 4.69) is 20.3 Å². The fourth-order valence-electron chi connectivity index (χ4n) is 3.48. The van der Waals surface area contributed by atoms with Crippen LogP contribution in [-0.2, 0) is 0 Å². The number of hydrogen-bond acceptors (Lipinski definition) is 8. The van der Waals surface area contributed by atoms with Crippen LogP contribution in [0.15, 0.2) is 93.2 Å². The Hall–Kier alpha value is -4.97. The summed E-state index contributed by atoms with van der Waals surface area (Å²) in [5.41, 5.74) is 2.00. The van der Waals surface area contributed by atoms with Crippen molar-refractivity contribution >= 4 is 28.4 Å². The predicted octanol–water partition coefficient (Wildman–Crippen LogP) is 6.43. The molecule has 0 amide bonds. The van der Waals surface area contributed by atoms with Gasteiger partial charge < -0.3 is 4.74 Å². The molecule has 0 saturated heterocycles. The van der Waals surface area contributed by atoms with Gasteiger partial charge in [0.2, 0.25) is 5.13 Å². The number of nitrogens with zero attached hydrogens (tertiary/aromatic N) is 5. The van der Waals surface area contributed by atoms with Crippen molar-refractivity contribution in [1.82, 2.24) is 14.8 Å². The molecule has 0 fully saturated rings. The van der Waals surface area contributed by atoms with Crippen LogP contribution in [-0.4, -0.2) is 26.8 Å². The summed E-state index contributed by atoms with van der Waals surface area (Å²) in [6.07, 6.45) is 0. The SMILES string of the molecule is COc1ccc(-c2csc(-n3[nH]c(-c4ccc([N+](=O)[O-])cc4)c(N=Nc4ccc(F)cc4)c3=O)n2)cc1. The zero-order valence-electron chi connectivity index (χ0n) is 19.2. The van der Waals surface area contributed by atoms with Gasteiger partial charge in [0.15, 0.2) is 5.69 Å². The van der Waals surface area contributed by atoms with E-state index in [-0.39, 0.29) is 11.4 Å². The van der Waals surface area contributed by atoms with E-state index in [1.165, 1.54) is 64.5 Å². The summed E-state index contributed by atoms with van der Waals surface area (Å²) >= 11 is 1.25. The maximum atomic E-state index is 13.4. The van der Waals surface area contributed by atoms with Crippen molar-refractivity contribution in [2.24, 2.45) is 10.2 Å². The van der Waals surface area contributed by atoms with Gasteiger partial charge >= 0.3 is 5.56 Å². The van der Waals surface area contributed by atoms with E-state index >= 15 is 0 Å². The predicted molar refractivity (Wildman–Crippen MR) is 137 cm³/mol. The van der Waals surface area contributed by atoms with Crippen LogP contribution in [0.4, 0.5) is 21.5 Å². The van der Waals surface area contributed by atoms with E-state index < -0.39 is 16.3 Å². The molecule has 1 N–H and O–H groups in total. The molecule has 0 aliphatic rings. The lowest BCUT2D eigenvalue weighted by Crippen LogP contribution is -2.13. The first kappa shape index (κ1) is 23.8. The second-order valence-electron chi connectivity index (χ2n) is 7.70. The van der Waals surface area contributed by atoms with Crippen molar-refractivity contribution in [3.05, 3.63) is 104 Å². The summed E-state index contributed by atoms with van der Waals surface area (Å²) in [5, 5.41) is 24.5. The number of halogens is 1. The zero-order chi connectivity index (χ0) is 25.9. The van der Waals surface area contributed by atoms with E-state index in [4.69, 9.17) is 4.74 Å². The van der Waals surface area contributed by atoms with Gasteiger partial charge in [0.25, 0.3) is 5.69 Å². The van der Waals surface area contributed by atoms with Gasteiger partial charge in [-0.15, -0.1) is 16.5 Å². The highest BCUT2D eigenvalue weighted by Gasteiger charge is 2.20. The summed E-state index contributed by atoms with van der Waals surface area (Å²) < 4.78 is 19.7. The quantitative estimate of drug-likeness (QED) is 0.151. The maximum Gasteiger partial charge on any atom is 0.301 e. The maximum absolute atomic E-state index is 13.4. The number of nitro groups is 1. The molecule has 2 heterocycles. The molecule has 2 aromatic heterocycles. The molecule has 0 atom stereocenters. The summed E-state index contributed by atoms with van der Waals surface area (Å²) in [5.74, 6) is 0.287. The molecule has 3 aromatic carbocycles. The van der Waals surface area contributed by atoms with E-state index in [1.807, 2.05) is 29.6 Å². The van der Waals surface area contributed by atoms with E-state index in [0.717, 1.165) is 5.56 Å². The normalized spacial score (nSPS) is 11.2. The van der Waals surface area contributed by atoms with Crippen molar-refractivity contribution in [3.8, 4) is 33.4 Å².